The van der Waals surface area contributed by atoms with Crippen LogP contribution in [0.25, 0.3) is 0 Å². The molecule has 0 aromatic heterocycles. The second-order valence-corrected chi connectivity index (χ2v) is 3.36. The van der Waals surface area contributed by atoms with Gasteiger partial charge in [-0.2, -0.15) is 0 Å². The lowest BCUT2D eigenvalue weighted by atomic mass is 9.88. The largest absolute Gasteiger partial charge is 0.377 e. The molecule has 1 saturated carbocycles. The van der Waals surface area contributed by atoms with Crippen LogP contribution in [-0.4, -0.2) is 13.2 Å². The Hall–Kier alpha value is -0.560. The van der Waals surface area contributed by atoms with E-state index >= 15 is 0 Å². The van der Waals surface area contributed by atoms with E-state index in [0.29, 0.717) is 0 Å². The molecular weight excluding hydrogens is 148 g/mol. The van der Waals surface area contributed by atoms with Crippen molar-refractivity contribution in [3.63, 3.8) is 0 Å². The predicted octanol–water partition coefficient (Wildman–Crippen LogP) is 3.08. The maximum Gasteiger partial charge on any atom is 0.0815 e. The zero-order valence-corrected chi connectivity index (χ0v) is 8.10. The number of hydrogen-bond donors (Lipinski definition) is 0. The summed E-state index contributed by atoms with van der Waals surface area (Å²) in [6.07, 6.45) is 7.08. The van der Waals surface area contributed by atoms with Gasteiger partial charge in [0.15, 0.2) is 0 Å². The van der Waals surface area contributed by atoms with E-state index in [4.69, 9.17) is 4.74 Å². The van der Waals surface area contributed by atoms with E-state index in [1.54, 1.807) is 7.11 Å². The van der Waals surface area contributed by atoms with E-state index in [2.05, 4.69) is 19.6 Å². The lowest BCUT2D eigenvalue weighted by Crippen LogP contribution is -2.18. The van der Waals surface area contributed by atoms with Gasteiger partial charge in [-0.25, -0.2) is 0 Å². The van der Waals surface area contributed by atoms with Crippen LogP contribution < -0.4 is 0 Å². The molecule has 1 nitrogen and oxygen atoms in total. The highest BCUT2D eigenvalue weighted by Gasteiger charge is 2.18. The van der Waals surface area contributed by atoms with Gasteiger partial charge in [0.05, 0.1) is 6.10 Å². The third-order valence-corrected chi connectivity index (χ3v) is 2.45. The Bertz CT molecular complexity index is 191. The van der Waals surface area contributed by atoms with Crippen molar-refractivity contribution in [2.24, 2.45) is 0 Å². The lowest BCUT2D eigenvalue weighted by Gasteiger charge is -2.25. The zero-order chi connectivity index (χ0) is 8.97. The average Bonchev–Trinajstić information content (AvgIpc) is 2.09. The summed E-state index contributed by atoms with van der Waals surface area (Å²) < 4.78 is 5.34. The van der Waals surface area contributed by atoms with Crippen LogP contribution in [0.3, 0.4) is 0 Å². The highest BCUT2D eigenvalue weighted by molar-refractivity contribution is 5.18. The average molecular weight is 166 g/mol. The molecule has 0 N–H and O–H groups in total. The van der Waals surface area contributed by atoms with Crippen molar-refractivity contribution >= 4 is 0 Å². The Morgan fingerprint density at radius 3 is 2.92 bits per heavy atom. The van der Waals surface area contributed by atoms with Crippen molar-refractivity contribution in [2.75, 3.05) is 7.11 Å². The Labute approximate surface area is 75.1 Å². The van der Waals surface area contributed by atoms with Crippen LogP contribution in [0.15, 0.2) is 23.8 Å². The minimum Gasteiger partial charge on any atom is -0.377 e. The topological polar surface area (TPSA) is 9.23 Å². The summed E-state index contributed by atoms with van der Waals surface area (Å²) >= 11 is 0. The number of methoxy groups -OCH3 is 1. The van der Waals surface area contributed by atoms with Crippen molar-refractivity contribution in [2.45, 2.75) is 38.7 Å². The monoisotopic (exact) mass is 166 g/mol. The van der Waals surface area contributed by atoms with Crippen LogP contribution in [-0.2, 0) is 4.74 Å². The number of rotatable bonds is 2. The molecule has 0 bridgehead atoms. The molecule has 1 fully saturated rings. The molecule has 1 aliphatic carbocycles. The highest BCUT2D eigenvalue weighted by Crippen LogP contribution is 2.28. The smallest absolute Gasteiger partial charge is 0.0815 e. The van der Waals surface area contributed by atoms with E-state index in [9.17, 15) is 0 Å². The molecule has 0 radical (unpaired) electrons. The molecule has 68 valence electrons. The maximum atomic E-state index is 5.34. The van der Waals surface area contributed by atoms with Crippen molar-refractivity contribution in [1.82, 2.24) is 0 Å². The van der Waals surface area contributed by atoms with Gasteiger partial charge in [0.25, 0.3) is 0 Å². The minimum absolute atomic E-state index is 0.275. The second-order valence-electron chi connectivity index (χ2n) is 3.36. The van der Waals surface area contributed by atoms with Gasteiger partial charge in [-0.05, 0) is 31.3 Å². The van der Waals surface area contributed by atoms with E-state index in [1.165, 1.54) is 17.6 Å². The summed E-state index contributed by atoms with van der Waals surface area (Å²) in [5.41, 5.74) is 2.79. The van der Waals surface area contributed by atoms with Gasteiger partial charge in [0, 0.05) is 7.11 Å². The first-order valence-corrected chi connectivity index (χ1v) is 4.66. The number of ether oxygens (including phenoxy) is 1. The van der Waals surface area contributed by atoms with Gasteiger partial charge >= 0.3 is 0 Å². The van der Waals surface area contributed by atoms with Crippen LogP contribution >= 0.6 is 0 Å². The molecule has 0 saturated heterocycles. The SMILES string of the molecule is C=C1CC/C(=C\CC)C[C@H]1OC. The van der Waals surface area contributed by atoms with Crippen molar-refractivity contribution in [3.05, 3.63) is 23.8 Å². The molecular formula is C11H18O. The van der Waals surface area contributed by atoms with E-state index < -0.39 is 0 Å². The molecule has 0 aromatic rings. The molecule has 1 heteroatoms. The van der Waals surface area contributed by atoms with E-state index in [0.717, 1.165) is 19.3 Å². The summed E-state index contributed by atoms with van der Waals surface area (Å²) in [7, 11) is 1.77. The van der Waals surface area contributed by atoms with Crippen LogP contribution in [0, 0.1) is 0 Å². The van der Waals surface area contributed by atoms with Gasteiger partial charge in [-0.1, -0.05) is 25.2 Å². The number of hydrogen-bond acceptors (Lipinski definition) is 1. The second kappa shape index (κ2) is 4.46. The van der Waals surface area contributed by atoms with E-state index in [1.807, 2.05) is 0 Å². The summed E-state index contributed by atoms with van der Waals surface area (Å²) in [6, 6.07) is 0. The summed E-state index contributed by atoms with van der Waals surface area (Å²) in [5, 5.41) is 0. The molecule has 0 spiro atoms. The lowest BCUT2D eigenvalue weighted by molar-refractivity contribution is 0.122. The first kappa shape index (κ1) is 9.53. The standard InChI is InChI=1S/C11H18O/c1-4-5-10-7-6-9(2)11(8-10)12-3/h5,11H,2,4,6-8H2,1,3H3/b10-5+/t11-/m1/s1. The Balaban J connectivity index is 2.55. The van der Waals surface area contributed by atoms with Crippen molar-refractivity contribution < 1.29 is 4.74 Å². The van der Waals surface area contributed by atoms with Gasteiger partial charge in [0.2, 0.25) is 0 Å². The van der Waals surface area contributed by atoms with Gasteiger partial charge in [-0.3, -0.25) is 0 Å². The fourth-order valence-electron chi connectivity index (χ4n) is 1.69. The Morgan fingerprint density at radius 1 is 1.58 bits per heavy atom. The summed E-state index contributed by atoms with van der Waals surface area (Å²) in [5.74, 6) is 0. The molecule has 0 aliphatic heterocycles. The quantitative estimate of drug-likeness (QED) is 0.573. The molecule has 0 aromatic carbocycles. The fourth-order valence-corrected chi connectivity index (χ4v) is 1.69. The van der Waals surface area contributed by atoms with Crippen LogP contribution in [0.5, 0.6) is 0 Å². The normalized spacial score (nSPS) is 28.0. The summed E-state index contributed by atoms with van der Waals surface area (Å²) in [6.45, 7) is 6.19. The van der Waals surface area contributed by atoms with Crippen LogP contribution in [0.2, 0.25) is 0 Å². The van der Waals surface area contributed by atoms with Gasteiger partial charge < -0.3 is 4.74 Å². The van der Waals surface area contributed by atoms with Crippen LogP contribution in [0.4, 0.5) is 0 Å². The van der Waals surface area contributed by atoms with Gasteiger partial charge in [0.1, 0.15) is 0 Å². The molecule has 12 heavy (non-hydrogen) atoms. The number of allylic oxidation sites excluding steroid dienone is 1. The van der Waals surface area contributed by atoms with Crippen molar-refractivity contribution in [1.29, 1.82) is 0 Å². The first-order chi connectivity index (χ1) is 5.77. The highest BCUT2D eigenvalue weighted by atomic mass is 16.5. The fraction of sp³-hybridized carbons (Fsp3) is 0.636. The van der Waals surface area contributed by atoms with E-state index in [-0.39, 0.29) is 6.10 Å². The van der Waals surface area contributed by atoms with Crippen molar-refractivity contribution in [3.8, 4) is 0 Å². The molecule has 0 unspecified atom stereocenters. The first-order valence-electron chi connectivity index (χ1n) is 4.66. The third-order valence-electron chi connectivity index (χ3n) is 2.45. The Morgan fingerprint density at radius 2 is 2.33 bits per heavy atom. The zero-order valence-electron chi connectivity index (χ0n) is 8.10. The Kier molecular flexibility index (Phi) is 3.54. The molecule has 0 heterocycles. The minimum atomic E-state index is 0.275. The molecule has 1 rings (SSSR count). The summed E-state index contributed by atoms with van der Waals surface area (Å²) in [4.78, 5) is 0. The maximum absolute atomic E-state index is 5.34. The van der Waals surface area contributed by atoms with Gasteiger partial charge in [-0.15, -0.1) is 0 Å². The van der Waals surface area contributed by atoms with Crippen LogP contribution in [0.1, 0.15) is 32.6 Å². The molecule has 0 amide bonds. The molecule has 1 aliphatic rings. The predicted molar refractivity (Wildman–Crippen MR) is 52.2 cm³/mol. The molecule has 1 atom stereocenters. The third kappa shape index (κ3) is 2.21.